The quantitative estimate of drug-likeness (QED) is 0.535. The van der Waals surface area contributed by atoms with E-state index in [0.29, 0.717) is 29.2 Å². The van der Waals surface area contributed by atoms with Crippen LogP contribution in [-0.4, -0.2) is 27.9 Å². The number of nitrogens with zero attached hydrogens (tertiary/aromatic N) is 5. The van der Waals surface area contributed by atoms with Crippen LogP contribution in [0.15, 0.2) is 61.1 Å². The Hall–Kier alpha value is -3.81. The molecule has 0 atom stereocenters. The minimum absolute atomic E-state index is 0.0638. The predicted molar refractivity (Wildman–Crippen MR) is 105 cm³/mol. The van der Waals surface area contributed by atoms with E-state index in [0.717, 1.165) is 11.0 Å². The number of hydrogen-bond acceptors (Lipinski definition) is 7. The number of nitrogens with two attached hydrogens (primary N) is 1. The smallest absolute Gasteiger partial charge is 0.371 e. The second-order valence-corrected chi connectivity index (χ2v) is 7.27. The third kappa shape index (κ3) is 4.06. The highest BCUT2D eigenvalue weighted by molar-refractivity contribution is 7.84. The van der Waals surface area contributed by atoms with Crippen LogP contribution in [0.4, 0.5) is 0 Å². The molecule has 0 saturated heterocycles. The first-order valence-electron chi connectivity index (χ1n) is 8.41. The Balaban J connectivity index is 1.68. The summed E-state index contributed by atoms with van der Waals surface area (Å²) in [6.45, 7) is 0.381. The lowest BCUT2D eigenvalue weighted by atomic mass is 10.1. The van der Waals surface area contributed by atoms with Crippen molar-refractivity contribution in [3.05, 3.63) is 72.4 Å². The Labute approximate surface area is 166 Å². The van der Waals surface area contributed by atoms with Crippen LogP contribution in [0, 0.1) is 11.3 Å². The number of rotatable bonds is 5. The summed E-state index contributed by atoms with van der Waals surface area (Å²) in [5.74, 6) is 0.570. The summed E-state index contributed by atoms with van der Waals surface area (Å²) in [5, 5.41) is 14.3. The number of nitriles is 1. The van der Waals surface area contributed by atoms with Crippen molar-refractivity contribution in [2.45, 2.75) is 6.54 Å². The Morgan fingerprint density at radius 1 is 1.10 bits per heavy atom. The van der Waals surface area contributed by atoms with Crippen molar-refractivity contribution in [2.24, 2.45) is 5.14 Å². The molecule has 0 unspecified atom stereocenters. The van der Waals surface area contributed by atoms with E-state index in [-0.39, 0.29) is 5.75 Å². The first kappa shape index (κ1) is 18.5. The summed E-state index contributed by atoms with van der Waals surface area (Å²) in [6, 6.07) is 15.9. The maximum atomic E-state index is 11.0. The highest BCUT2D eigenvalue weighted by atomic mass is 32.2. The van der Waals surface area contributed by atoms with Crippen molar-refractivity contribution in [1.29, 1.82) is 5.26 Å². The molecule has 2 N–H and O–H groups in total. The zero-order valence-electron chi connectivity index (χ0n) is 14.9. The number of para-hydroxylation sites is 2. The van der Waals surface area contributed by atoms with Crippen LogP contribution in [0.3, 0.4) is 0 Å². The zero-order chi connectivity index (χ0) is 20.4. The summed E-state index contributed by atoms with van der Waals surface area (Å²) < 4.78 is 28.6. The largest absolute Gasteiger partial charge is 0.380 e. The van der Waals surface area contributed by atoms with Gasteiger partial charge in [0.05, 0.1) is 35.2 Å². The van der Waals surface area contributed by atoms with Crippen molar-refractivity contribution in [1.82, 2.24) is 19.5 Å². The third-order valence-electron chi connectivity index (χ3n) is 4.14. The van der Waals surface area contributed by atoms with Gasteiger partial charge in [0, 0.05) is 11.8 Å². The number of hydrogen-bond donors (Lipinski definition) is 1. The van der Waals surface area contributed by atoms with Crippen LogP contribution in [0.1, 0.15) is 11.4 Å². The molecular formula is C19H14N6O3S. The van der Waals surface area contributed by atoms with Gasteiger partial charge in [0.1, 0.15) is 17.6 Å². The van der Waals surface area contributed by atoms with Gasteiger partial charge in [-0.05, 0) is 36.4 Å². The molecule has 0 aliphatic rings. The normalized spacial score (nSPS) is 11.3. The van der Waals surface area contributed by atoms with Crippen LogP contribution in [0.2, 0.25) is 0 Å². The second-order valence-electron chi connectivity index (χ2n) is 6.12. The summed E-state index contributed by atoms with van der Waals surface area (Å²) in [7, 11) is -4.11. The van der Waals surface area contributed by atoms with Gasteiger partial charge in [-0.3, -0.25) is 0 Å². The molecule has 4 aromatic rings. The van der Waals surface area contributed by atoms with Crippen molar-refractivity contribution in [3.8, 4) is 23.1 Å². The molecule has 0 fully saturated rings. The lowest BCUT2D eigenvalue weighted by Crippen LogP contribution is -2.18. The first-order valence-corrected chi connectivity index (χ1v) is 9.88. The van der Waals surface area contributed by atoms with E-state index < -0.39 is 10.3 Å². The SMILES string of the molecule is N#Cc1cnc(Cn2cnc3ccccc32)nc1-c1ccc(OS(N)(=O)=O)cc1. The molecule has 0 aliphatic heterocycles. The van der Waals surface area contributed by atoms with Gasteiger partial charge in [-0.1, -0.05) is 12.1 Å². The van der Waals surface area contributed by atoms with E-state index in [4.69, 9.17) is 5.14 Å². The van der Waals surface area contributed by atoms with Crippen LogP contribution < -0.4 is 9.32 Å². The monoisotopic (exact) mass is 406 g/mol. The summed E-state index contributed by atoms with van der Waals surface area (Å²) in [6.07, 6.45) is 3.18. The molecule has 0 amide bonds. The predicted octanol–water partition coefficient (Wildman–Crippen LogP) is 2.00. The maximum Gasteiger partial charge on any atom is 0.380 e. The van der Waals surface area contributed by atoms with Crippen molar-refractivity contribution in [2.75, 3.05) is 0 Å². The summed E-state index contributed by atoms with van der Waals surface area (Å²) in [4.78, 5) is 13.2. The van der Waals surface area contributed by atoms with Crippen molar-refractivity contribution < 1.29 is 12.6 Å². The number of aromatic nitrogens is 4. The fourth-order valence-corrected chi connectivity index (χ4v) is 3.27. The molecule has 9 nitrogen and oxygen atoms in total. The molecule has 0 saturated carbocycles. The Kier molecular flexibility index (Phi) is 4.67. The number of imidazole rings is 1. The van der Waals surface area contributed by atoms with Gasteiger partial charge in [-0.2, -0.15) is 18.8 Å². The maximum absolute atomic E-state index is 11.0. The fourth-order valence-electron chi connectivity index (χ4n) is 2.89. The molecule has 2 heterocycles. The third-order valence-corrected chi connectivity index (χ3v) is 4.56. The van der Waals surface area contributed by atoms with E-state index in [2.05, 4.69) is 25.2 Å². The average molecular weight is 406 g/mol. The highest BCUT2D eigenvalue weighted by Crippen LogP contribution is 2.24. The molecule has 10 heteroatoms. The molecule has 0 bridgehead atoms. The standard InChI is InChI=1S/C19H14N6O3S/c20-9-14-10-22-18(11-25-12-23-16-3-1-2-4-17(16)25)24-19(14)13-5-7-15(8-6-13)28-29(21,26)27/h1-8,10,12H,11H2,(H2,21,26,27). The Morgan fingerprint density at radius 2 is 1.86 bits per heavy atom. The molecule has 144 valence electrons. The minimum atomic E-state index is -4.11. The molecular weight excluding hydrogens is 392 g/mol. The van der Waals surface area contributed by atoms with Crippen LogP contribution in [0.25, 0.3) is 22.3 Å². The lowest BCUT2D eigenvalue weighted by molar-refractivity contribution is 0.488. The van der Waals surface area contributed by atoms with E-state index in [1.54, 1.807) is 18.5 Å². The first-order chi connectivity index (χ1) is 13.9. The molecule has 29 heavy (non-hydrogen) atoms. The topological polar surface area (TPSA) is 137 Å². The zero-order valence-corrected chi connectivity index (χ0v) is 15.7. The Bertz CT molecular complexity index is 1340. The van der Waals surface area contributed by atoms with Gasteiger partial charge in [-0.15, -0.1) is 0 Å². The molecule has 2 aromatic carbocycles. The van der Waals surface area contributed by atoms with Crippen LogP contribution in [-0.2, 0) is 16.8 Å². The average Bonchev–Trinajstić information content (AvgIpc) is 3.10. The van der Waals surface area contributed by atoms with E-state index in [1.807, 2.05) is 28.8 Å². The second kappa shape index (κ2) is 7.31. The number of benzene rings is 2. The molecule has 0 spiro atoms. The van der Waals surface area contributed by atoms with Gasteiger partial charge in [0.25, 0.3) is 0 Å². The summed E-state index contributed by atoms with van der Waals surface area (Å²) in [5.41, 5.74) is 3.16. The van der Waals surface area contributed by atoms with Crippen molar-refractivity contribution >= 4 is 21.3 Å². The van der Waals surface area contributed by atoms with Crippen molar-refractivity contribution in [3.63, 3.8) is 0 Å². The van der Waals surface area contributed by atoms with Gasteiger partial charge in [-0.25, -0.2) is 15.0 Å². The van der Waals surface area contributed by atoms with E-state index in [1.165, 1.54) is 18.3 Å². The van der Waals surface area contributed by atoms with E-state index >= 15 is 0 Å². The minimum Gasteiger partial charge on any atom is -0.371 e. The molecule has 4 rings (SSSR count). The van der Waals surface area contributed by atoms with Gasteiger partial charge < -0.3 is 8.75 Å². The fraction of sp³-hybridized carbons (Fsp3) is 0.0526. The van der Waals surface area contributed by atoms with Crippen LogP contribution >= 0.6 is 0 Å². The molecule has 2 aromatic heterocycles. The van der Waals surface area contributed by atoms with Gasteiger partial charge >= 0.3 is 10.3 Å². The summed E-state index contributed by atoms with van der Waals surface area (Å²) >= 11 is 0. The molecule has 0 aliphatic carbocycles. The van der Waals surface area contributed by atoms with Gasteiger partial charge in [0.2, 0.25) is 0 Å². The van der Waals surface area contributed by atoms with E-state index in [9.17, 15) is 13.7 Å². The number of fused-ring (bicyclic) bond motifs is 1. The highest BCUT2D eigenvalue weighted by Gasteiger charge is 2.12. The Morgan fingerprint density at radius 3 is 2.59 bits per heavy atom. The lowest BCUT2D eigenvalue weighted by Gasteiger charge is -2.08. The molecule has 0 radical (unpaired) electrons. The van der Waals surface area contributed by atoms with Gasteiger partial charge in [0.15, 0.2) is 0 Å². The van der Waals surface area contributed by atoms with Crippen LogP contribution in [0.5, 0.6) is 5.75 Å².